The third kappa shape index (κ3) is 6.76. The minimum atomic E-state index is 0. The summed E-state index contributed by atoms with van der Waals surface area (Å²) in [4.78, 5) is 2.54. The molecule has 1 aliphatic heterocycles. The zero-order valence-corrected chi connectivity index (χ0v) is 24.1. The van der Waals surface area contributed by atoms with Crippen molar-refractivity contribution in [3.8, 4) is 11.5 Å². The van der Waals surface area contributed by atoms with Crippen LogP contribution in [-0.2, 0) is 13.2 Å². The van der Waals surface area contributed by atoms with E-state index in [4.69, 9.17) is 9.47 Å². The normalized spacial score (nSPS) is 13.8. The number of anilines is 1. The molecular formula is C32H34Cl2N4O2. The van der Waals surface area contributed by atoms with Crippen LogP contribution >= 0.6 is 24.8 Å². The molecule has 0 radical (unpaired) electrons. The molecule has 2 heterocycles. The predicted molar refractivity (Wildman–Crippen MR) is 167 cm³/mol. The number of para-hydroxylation sites is 1. The van der Waals surface area contributed by atoms with Gasteiger partial charge < -0.3 is 14.8 Å². The average Bonchev–Trinajstić information content (AvgIpc) is 2.98. The maximum Gasteiger partial charge on any atom is 0.156 e. The monoisotopic (exact) mass is 576 g/mol. The third-order valence-corrected chi connectivity index (χ3v) is 7.33. The Balaban J connectivity index is 0.00000185. The molecule has 1 fully saturated rings. The Morgan fingerprint density at radius 1 is 0.775 bits per heavy atom. The van der Waals surface area contributed by atoms with E-state index in [2.05, 4.69) is 62.9 Å². The highest BCUT2D eigenvalue weighted by molar-refractivity contribution is 5.94. The first kappa shape index (κ1) is 29.4. The Morgan fingerprint density at radius 2 is 1.52 bits per heavy atom. The van der Waals surface area contributed by atoms with E-state index in [1.54, 1.807) is 7.11 Å². The molecule has 208 valence electrons. The number of hydrogen-bond acceptors (Lipinski definition) is 6. The molecule has 0 aliphatic carbocycles. The highest BCUT2D eigenvalue weighted by atomic mass is 35.5. The standard InChI is InChI=1S/C32H32N4O2.2ClH/c1-37-28-13-14-29-30(20-28)32(35-34-31(29)22-38-27-9-3-2-4-10-27)33-26-15-17-36(18-16-26)21-23-11-12-24-7-5-6-8-25(24)19-23;;/h2-14,19-20,26H,15-18,21-22H2,1H3,(H,33,35);2*1H. The van der Waals surface area contributed by atoms with Gasteiger partial charge in [0.05, 0.1) is 7.11 Å². The zero-order chi connectivity index (χ0) is 25.7. The first-order valence-electron chi connectivity index (χ1n) is 13.2. The number of rotatable bonds is 8. The van der Waals surface area contributed by atoms with Gasteiger partial charge in [-0.2, -0.15) is 0 Å². The van der Waals surface area contributed by atoms with E-state index >= 15 is 0 Å². The van der Waals surface area contributed by atoms with Crippen LogP contribution in [0.4, 0.5) is 5.82 Å². The Labute approximate surface area is 247 Å². The van der Waals surface area contributed by atoms with Crippen molar-refractivity contribution in [2.45, 2.75) is 32.0 Å². The summed E-state index contributed by atoms with van der Waals surface area (Å²) in [5, 5.41) is 17.5. The van der Waals surface area contributed by atoms with Gasteiger partial charge >= 0.3 is 0 Å². The highest BCUT2D eigenvalue weighted by Crippen LogP contribution is 2.30. The Hall–Kier alpha value is -3.58. The van der Waals surface area contributed by atoms with Crippen molar-refractivity contribution in [3.05, 3.63) is 102 Å². The molecule has 5 aromatic rings. The number of hydrogen-bond donors (Lipinski definition) is 1. The van der Waals surface area contributed by atoms with E-state index in [9.17, 15) is 0 Å². The Bertz CT molecular complexity index is 1540. The number of aromatic nitrogens is 2. The number of piperidine rings is 1. The van der Waals surface area contributed by atoms with Crippen molar-refractivity contribution >= 4 is 52.2 Å². The van der Waals surface area contributed by atoms with Gasteiger partial charge in [0.2, 0.25) is 0 Å². The molecule has 1 aromatic heterocycles. The minimum Gasteiger partial charge on any atom is -0.497 e. The van der Waals surface area contributed by atoms with Crippen molar-refractivity contribution in [2.24, 2.45) is 0 Å². The molecule has 8 heteroatoms. The molecular weight excluding hydrogens is 543 g/mol. The summed E-state index contributed by atoms with van der Waals surface area (Å²) in [6.45, 7) is 3.42. The summed E-state index contributed by atoms with van der Waals surface area (Å²) in [6, 6.07) is 31.5. The lowest BCUT2D eigenvalue weighted by atomic mass is 10.0. The molecule has 0 atom stereocenters. The number of nitrogens with one attached hydrogen (secondary N) is 1. The smallest absolute Gasteiger partial charge is 0.156 e. The molecule has 1 saturated heterocycles. The molecule has 0 saturated carbocycles. The van der Waals surface area contributed by atoms with E-state index in [0.29, 0.717) is 12.6 Å². The molecule has 4 aromatic carbocycles. The summed E-state index contributed by atoms with van der Waals surface area (Å²) in [7, 11) is 1.69. The summed E-state index contributed by atoms with van der Waals surface area (Å²) >= 11 is 0. The van der Waals surface area contributed by atoms with Gasteiger partial charge in [-0.25, -0.2) is 0 Å². The number of ether oxygens (including phenoxy) is 2. The van der Waals surface area contributed by atoms with Gasteiger partial charge in [0.1, 0.15) is 23.8 Å². The third-order valence-electron chi connectivity index (χ3n) is 7.33. The van der Waals surface area contributed by atoms with Crippen LogP contribution < -0.4 is 14.8 Å². The number of fused-ring (bicyclic) bond motifs is 2. The molecule has 0 bridgehead atoms. The molecule has 1 N–H and O–H groups in total. The number of nitrogens with zero attached hydrogens (tertiary/aromatic N) is 3. The summed E-state index contributed by atoms with van der Waals surface area (Å²) in [6.07, 6.45) is 2.11. The first-order valence-corrected chi connectivity index (χ1v) is 13.2. The second-order valence-electron chi connectivity index (χ2n) is 9.88. The average molecular weight is 578 g/mol. The van der Waals surface area contributed by atoms with Crippen LogP contribution in [0.2, 0.25) is 0 Å². The van der Waals surface area contributed by atoms with Crippen molar-refractivity contribution in [1.82, 2.24) is 15.1 Å². The van der Waals surface area contributed by atoms with Crippen LogP contribution in [0.25, 0.3) is 21.5 Å². The van der Waals surface area contributed by atoms with Crippen LogP contribution in [0.1, 0.15) is 24.1 Å². The fourth-order valence-corrected chi connectivity index (χ4v) is 5.22. The fraction of sp³-hybridized carbons (Fsp3) is 0.250. The fourth-order valence-electron chi connectivity index (χ4n) is 5.22. The van der Waals surface area contributed by atoms with Crippen LogP contribution in [0, 0.1) is 0 Å². The van der Waals surface area contributed by atoms with Crippen molar-refractivity contribution in [3.63, 3.8) is 0 Å². The summed E-state index contributed by atoms with van der Waals surface area (Å²) in [5.74, 6) is 2.41. The van der Waals surface area contributed by atoms with E-state index in [1.165, 1.54) is 16.3 Å². The van der Waals surface area contributed by atoms with E-state index < -0.39 is 0 Å². The highest BCUT2D eigenvalue weighted by Gasteiger charge is 2.21. The second kappa shape index (κ2) is 13.7. The van der Waals surface area contributed by atoms with Gasteiger partial charge in [-0.05, 0) is 65.6 Å². The van der Waals surface area contributed by atoms with Crippen LogP contribution in [0.5, 0.6) is 11.5 Å². The van der Waals surface area contributed by atoms with E-state index in [-0.39, 0.29) is 24.8 Å². The number of methoxy groups -OCH3 is 1. The molecule has 6 rings (SSSR count). The van der Waals surface area contributed by atoms with Crippen LogP contribution in [-0.4, -0.2) is 41.3 Å². The first-order chi connectivity index (χ1) is 18.7. The molecule has 0 amide bonds. The topological polar surface area (TPSA) is 59.5 Å². The Morgan fingerprint density at radius 3 is 2.30 bits per heavy atom. The van der Waals surface area contributed by atoms with Crippen molar-refractivity contribution < 1.29 is 9.47 Å². The second-order valence-corrected chi connectivity index (χ2v) is 9.88. The molecule has 6 nitrogen and oxygen atoms in total. The quantitative estimate of drug-likeness (QED) is 0.209. The van der Waals surface area contributed by atoms with Gasteiger partial charge in [-0.15, -0.1) is 35.0 Å². The van der Waals surface area contributed by atoms with Gasteiger partial charge in [-0.1, -0.05) is 54.6 Å². The zero-order valence-electron chi connectivity index (χ0n) is 22.5. The van der Waals surface area contributed by atoms with Crippen LogP contribution in [0.3, 0.4) is 0 Å². The Kier molecular flexibility index (Phi) is 10.0. The summed E-state index contributed by atoms with van der Waals surface area (Å²) in [5.41, 5.74) is 2.18. The summed E-state index contributed by atoms with van der Waals surface area (Å²) < 4.78 is 11.5. The molecule has 0 unspecified atom stereocenters. The van der Waals surface area contributed by atoms with Crippen molar-refractivity contribution in [2.75, 3.05) is 25.5 Å². The maximum atomic E-state index is 5.97. The lowest BCUT2D eigenvalue weighted by Crippen LogP contribution is -2.38. The lowest BCUT2D eigenvalue weighted by molar-refractivity contribution is 0.211. The number of benzene rings is 4. The maximum absolute atomic E-state index is 5.97. The van der Waals surface area contributed by atoms with E-state index in [1.807, 2.05) is 48.5 Å². The largest absolute Gasteiger partial charge is 0.497 e. The van der Waals surface area contributed by atoms with Gasteiger partial charge in [0.25, 0.3) is 0 Å². The molecule has 40 heavy (non-hydrogen) atoms. The number of likely N-dealkylation sites (tertiary alicyclic amines) is 1. The van der Waals surface area contributed by atoms with Crippen molar-refractivity contribution in [1.29, 1.82) is 0 Å². The minimum absolute atomic E-state index is 0. The van der Waals surface area contributed by atoms with Gasteiger partial charge in [-0.3, -0.25) is 4.90 Å². The molecule has 1 aliphatic rings. The predicted octanol–water partition coefficient (Wildman–Crippen LogP) is 7.29. The number of halogens is 2. The molecule has 0 spiro atoms. The van der Waals surface area contributed by atoms with Gasteiger partial charge in [0, 0.05) is 36.4 Å². The van der Waals surface area contributed by atoms with E-state index in [0.717, 1.165) is 66.3 Å². The lowest BCUT2D eigenvalue weighted by Gasteiger charge is -2.32. The SMILES string of the molecule is COc1ccc2c(COc3ccccc3)nnc(NC3CCN(Cc4ccc5ccccc5c4)CC3)c2c1.Cl.Cl. The van der Waals surface area contributed by atoms with Crippen LogP contribution in [0.15, 0.2) is 91.0 Å². The van der Waals surface area contributed by atoms with Gasteiger partial charge in [0.15, 0.2) is 5.82 Å².